The van der Waals surface area contributed by atoms with Gasteiger partial charge >= 0.3 is 0 Å². The minimum absolute atomic E-state index is 0.101. The number of para-hydroxylation sites is 1. The highest BCUT2D eigenvalue weighted by atomic mass is 79.9. The number of hydrogen-bond acceptors (Lipinski definition) is 3. The summed E-state index contributed by atoms with van der Waals surface area (Å²) in [6, 6.07) is 7.67. The fraction of sp³-hybridized carbons (Fsp3) is 0.588. The van der Waals surface area contributed by atoms with Crippen molar-refractivity contribution in [3.05, 3.63) is 28.7 Å². The summed E-state index contributed by atoms with van der Waals surface area (Å²) < 4.78 is 6.90. The van der Waals surface area contributed by atoms with E-state index in [1.54, 1.807) is 0 Å². The first-order valence-electron chi connectivity index (χ1n) is 7.87. The number of halogens is 1. The van der Waals surface area contributed by atoms with Gasteiger partial charge in [-0.3, -0.25) is 4.79 Å². The van der Waals surface area contributed by atoms with Crippen LogP contribution in [0.2, 0.25) is 0 Å². The highest BCUT2D eigenvalue weighted by molar-refractivity contribution is 9.10. The monoisotopic (exact) mass is 368 g/mol. The minimum Gasteiger partial charge on any atom is -0.479 e. The fourth-order valence-electron chi connectivity index (χ4n) is 2.82. The number of likely N-dealkylation sites (tertiary alicyclic amines) is 1. The van der Waals surface area contributed by atoms with E-state index in [-0.39, 0.29) is 11.8 Å². The molecule has 22 heavy (non-hydrogen) atoms. The lowest BCUT2D eigenvalue weighted by Gasteiger charge is -2.27. The summed E-state index contributed by atoms with van der Waals surface area (Å²) in [6.45, 7) is 6.66. The van der Waals surface area contributed by atoms with E-state index in [1.165, 1.54) is 0 Å². The van der Waals surface area contributed by atoms with E-state index >= 15 is 0 Å². The molecule has 1 amide bonds. The molecule has 0 radical (unpaired) electrons. The van der Waals surface area contributed by atoms with Crippen LogP contribution in [0.5, 0.6) is 5.75 Å². The maximum atomic E-state index is 12.8. The SMILES string of the molecule is CNC[C@@H]1CCN(C(=O)[C@H](Oc2ccccc2Br)C(C)C)C1. The molecule has 0 unspecified atom stereocenters. The van der Waals surface area contributed by atoms with Crippen LogP contribution in [0.3, 0.4) is 0 Å². The summed E-state index contributed by atoms with van der Waals surface area (Å²) in [5.41, 5.74) is 0. The van der Waals surface area contributed by atoms with Gasteiger partial charge in [0.15, 0.2) is 6.10 Å². The average molecular weight is 369 g/mol. The van der Waals surface area contributed by atoms with Crippen LogP contribution < -0.4 is 10.1 Å². The summed E-state index contributed by atoms with van der Waals surface area (Å²) in [5.74, 6) is 1.50. The van der Waals surface area contributed by atoms with Crippen LogP contribution in [0.15, 0.2) is 28.7 Å². The Hall–Kier alpha value is -1.07. The van der Waals surface area contributed by atoms with Crippen LogP contribution in [0.25, 0.3) is 0 Å². The third-order valence-corrected chi connectivity index (χ3v) is 4.68. The van der Waals surface area contributed by atoms with Gasteiger partial charge in [-0.05, 0) is 59.9 Å². The number of nitrogens with one attached hydrogen (secondary N) is 1. The van der Waals surface area contributed by atoms with Crippen LogP contribution >= 0.6 is 15.9 Å². The largest absolute Gasteiger partial charge is 0.479 e. The highest BCUT2D eigenvalue weighted by Crippen LogP contribution is 2.27. The molecule has 0 saturated carbocycles. The smallest absolute Gasteiger partial charge is 0.263 e. The van der Waals surface area contributed by atoms with Crippen molar-refractivity contribution in [1.82, 2.24) is 10.2 Å². The van der Waals surface area contributed by atoms with Gasteiger partial charge in [0.2, 0.25) is 0 Å². The predicted octanol–water partition coefficient (Wildman–Crippen LogP) is 2.92. The molecule has 1 aromatic carbocycles. The van der Waals surface area contributed by atoms with Crippen molar-refractivity contribution >= 4 is 21.8 Å². The molecule has 1 aliphatic heterocycles. The molecule has 1 saturated heterocycles. The molecule has 1 heterocycles. The van der Waals surface area contributed by atoms with Gasteiger partial charge in [-0.1, -0.05) is 26.0 Å². The molecular formula is C17H25BrN2O2. The van der Waals surface area contributed by atoms with Crippen molar-refractivity contribution in [3.8, 4) is 5.75 Å². The zero-order valence-corrected chi connectivity index (χ0v) is 15.1. The Morgan fingerprint density at radius 3 is 2.82 bits per heavy atom. The molecule has 0 aromatic heterocycles. The molecule has 122 valence electrons. The third-order valence-electron chi connectivity index (χ3n) is 4.03. The van der Waals surface area contributed by atoms with E-state index in [2.05, 4.69) is 21.2 Å². The van der Waals surface area contributed by atoms with Gasteiger partial charge in [0.1, 0.15) is 5.75 Å². The third kappa shape index (κ3) is 4.23. The lowest BCUT2D eigenvalue weighted by Crippen LogP contribution is -2.44. The van der Waals surface area contributed by atoms with Crippen molar-refractivity contribution in [2.45, 2.75) is 26.4 Å². The number of hydrogen-bond donors (Lipinski definition) is 1. The zero-order valence-electron chi connectivity index (χ0n) is 13.5. The second-order valence-electron chi connectivity index (χ2n) is 6.21. The summed E-state index contributed by atoms with van der Waals surface area (Å²) in [7, 11) is 1.96. The Bertz CT molecular complexity index is 507. The second kappa shape index (κ2) is 7.97. The molecule has 1 N–H and O–H groups in total. The summed E-state index contributed by atoms with van der Waals surface area (Å²) in [6.07, 6.45) is 0.624. The number of benzene rings is 1. The molecule has 0 spiro atoms. The molecule has 2 rings (SSSR count). The first-order valence-corrected chi connectivity index (χ1v) is 8.66. The molecule has 0 bridgehead atoms. The van der Waals surface area contributed by atoms with E-state index in [0.717, 1.165) is 36.3 Å². The highest BCUT2D eigenvalue weighted by Gasteiger charge is 2.33. The van der Waals surface area contributed by atoms with Gasteiger partial charge in [0, 0.05) is 13.1 Å². The van der Waals surface area contributed by atoms with Crippen LogP contribution in [0.4, 0.5) is 0 Å². The second-order valence-corrected chi connectivity index (χ2v) is 7.06. The lowest BCUT2D eigenvalue weighted by molar-refractivity contribution is -0.139. The van der Waals surface area contributed by atoms with Gasteiger partial charge in [-0.2, -0.15) is 0 Å². The molecule has 1 fully saturated rings. The van der Waals surface area contributed by atoms with Crippen molar-refractivity contribution in [2.75, 3.05) is 26.7 Å². The Morgan fingerprint density at radius 1 is 1.45 bits per heavy atom. The summed E-state index contributed by atoms with van der Waals surface area (Å²) >= 11 is 3.48. The first kappa shape index (κ1) is 17.3. The van der Waals surface area contributed by atoms with Crippen LogP contribution in [-0.2, 0) is 4.79 Å². The number of nitrogens with zero attached hydrogens (tertiary/aromatic N) is 1. The predicted molar refractivity (Wildman–Crippen MR) is 92.0 cm³/mol. The molecule has 0 aliphatic carbocycles. The van der Waals surface area contributed by atoms with E-state index in [9.17, 15) is 4.79 Å². The van der Waals surface area contributed by atoms with E-state index in [1.807, 2.05) is 50.1 Å². The summed E-state index contributed by atoms with van der Waals surface area (Å²) in [5, 5.41) is 3.19. The molecular weight excluding hydrogens is 344 g/mol. The number of ether oxygens (including phenoxy) is 1. The van der Waals surface area contributed by atoms with E-state index in [4.69, 9.17) is 4.74 Å². The first-order chi connectivity index (χ1) is 10.5. The standard InChI is InChI=1S/C17H25BrN2O2/c1-12(2)16(22-15-7-5-4-6-14(15)18)17(21)20-9-8-13(11-20)10-19-3/h4-7,12-13,16,19H,8-11H2,1-3H3/t13-,16+/m0/s1. The van der Waals surface area contributed by atoms with Crippen molar-refractivity contribution in [1.29, 1.82) is 0 Å². The van der Waals surface area contributed by atoms with Crippen molar-refractivity contribution in [3.63, 3.8) is 0 Å². The van der Waals surface area contributed by atoms with E-state index in [0.29, 0.717) is 5.92 Å². The maximum absolute atomic E-state index is 12.8. The van der Waals surface area contributed by atoms with Crippen LogP contribution in [0.1, 0.15) is 20.3 Å². The quantitative estimate of drug-likeness (QED) is 0.839. The molecule has 1 aliphatic rings. The van der Waals surface area contributed by atoms with E-state index < -0.39 is 6.10 Å². The van der Waals surface area contributed by atoms with Gasteiger partial charge in [-0.25, -0.2) is 0 Å². The van der Waals surface area contributed by atoms with Crippen LogP contribution in [-0.4, -0.2) is 43.6 Å². The van der Waals surface area contributed by atoms with Crippen molar-refractivity contribution in [2.24, 2.45) is 11.8 Å². The molecule has 2 atom stereocenters. The topological polar surface area (TPSA) is 41.6 Å². The van der Waals surface area contributed by atoms with Gasteiger partial charge in [0.25, 0.3) is 5.91 Å². The number of amides is 1. The van der Waals surface area contributed by atoms with Gasteiger partial charge in [-0.15, -0.1) is 0 Å². The fourth-order valence-corrected chi connectivity index (χ4v) is 3.20. The number of carbonyl (C=O) groups excluding carboxylic acids is 1. The van der Waals surface area contributed by atoms with Gasteiger partial charge < -0.3 is 15.0 Å². The maximum Gasteiger partial charge on any atom is 0.263 e. The van der Waals surface area contributed by atoms with Gasteiger partial charge in [0.05, 0.1) is 4.47 Å². The summed E-state index contributed by atoms with van der Waals surface area (Å²) in [4.78, 5) is 14.8. The molecule has 4 nitrogen and oxygen atoms in total. The minimum atomic E-state index is -0.438. The average Bonchev–Trinajstić information content (AvgIpc) is 2.94. The lowest BCUT2D eigenvalue weighted by atomic mass is 10.1. The Balaban J connectivity index is 2.05. The molecule has 1 aromatic rings. The Kier molecular flexibility index (Phi) is 6.26. The Morgan fingerprint density at radius 2 is 2.18 bits per heavy atom. The zero-order chi connectivity index (χ0) is 16.1. The van der Waals surface area contributed by atoms with Crippen molar-refractivity contribution < 1.29 is 9.53 Å². The molecule has 5 heteroatoms. The number of rotatable bonds is 6. The normalized spacial score (nSPS) is 19.5. The Labute approximate surface area is 141 Å². The van der Waals surface area contributed by atoms with Crippen LogP contribution in [0, 0.1) is 11.8 Å². The number of carbonyl (C=O) groups is 1.